The Balaban J connectivity index is 2.54. The number of hydrogen-bond acceptors (Lipinski definition) is 1. The van der Waals surface area contributed by atoms with Crippen LogP contribution in [0.3, 0.4) is 0 Å². The van der Waals surface area contributed by atoms with Gasteiger partial charge in [-0.15, -0.1) is 0 Å². The molecule has 1 aromatic carbocycles. The van der Waals surface area contributed by atoms with E-state index in [1.165, 1.54) is 0 Å². The van der Waals surface area contributed by atoms with E-state index in [9.17, 15) is 8.78 Å². The van der Waals surface area contributed by atoms with Crippen LogP contribution in [0.2, 0.25) is 0 Å². The molecule has 0 unspecified atom stereocenters. The first-order chi connectivity index (χ1) is 7.08. The minimum absolute atomic E-state index is 0.000784. The minimum Gasteiger partial charge on any atom is -0.370 e. The highest BCUT2D eigenvalue weighted by molar-refractivity contribution is 5.92. The van der Waals surface area contributed by atoms with Crippen molar-refractivity contribution in [3.63, 3.8) is 0 Å². The molecule has 0 aliphatic rings. The predicted octanol–water partition coefficient (Wildman–Crippen LogP) is 1.99. The number of benzene rings is 1. The van der Waals surface area contributed by atoms with Crippen LogP contribution in [-0.4, -0.2) is 18.9 Å². The second-order valence-electron chi connectivity index (χ2n) is 3.11. The second-order valence-corrected chi connectivity index (χ2v) is 3.11. The summed E-state index contributed by atoms with van der Waals surface area (Å²) in [6, 6.07) is 7.39. The number of nitrogens with one attached hydrogen (secondary N) is 1. The van der Waals surface area contributed by atoms with E-state index in [0.29, 0.717) is 0 Å². The van der Waals surface area contributed by atoms with E-state index in [2.05, 4.69) is 10.3 Å². The number of rotatable bonds is 3. The van der Waals surface area contributed by atoms with Crippen LogP contribution in [0, 0.1) is 6.92 Å². The second kappa shape index (κ2) is 5.29. The smallest absolute Gasteiger partial charge is 0.257 e. The minimum atomic E-state index is -2.47. The lowest BCUT2D eigenvalue weighted by Gasteiger charge is -2.05. The van der Waals surface area contributed by atoms with Gasteiger partial charge in [0.05, 0.1) is 0 Å². The molecule has 0 aliphatic carbocycles. The van der Waals surface area contributed by atoms with Crippen LogP contribution in [0.15, 0.2) is 29.3 Å². The van der Waals surface area contributed by atoms with Crippen molar-refractivity contribution in [2.45, 2.75) is 13.3 Å². The first-order valence-electron chi connectivity index (χ1n) is 4.49. The lowest BCUT2D eigenvalue weighted by Crippen LogP contribution is -2.23. The Bertz CT molecular complexity index is 333. The van der Waals surface area contributed by atoms with E-state index in [0.717, 1.165) is 11.3 Å². The Kier molecular flexibility index (Phi) is 4.03. The quantitative estimate of drug-likeness (QED) is 0.596. The van der Waals surface area contributed by atoms with Gasteiger partial charge in [-0.3, -0.25) is 0 Å². The van der Waals surface area contributed by atoms with Crippen LogP contribution < -0.4 is 11.1 Å². The van der Waals surface area contributed by atoms with Crippen LogP contribution >= 0.6 is 0 Å². The third kappa shape index (κ3) is 4.39. The number of nitrogens with zero attached hydrogens (tertiary/aromatic N) is 1. The van der Waals surface area contributed by atoms with E-state index in [1.54, 1.807) is 12.1 Å². The molecule has 1 aromatic rings. The first-order valence-corrected chi connectivity index (χ1v) is 4.49. The maximum Gasteiger partial charge on any atom is 0.257 e. The fourth-order valence-electron chi connectivity index (χ4n) is 0.992. The number of nitrogens with two attached hydrogens (primary N) is 1. The number of aliphatic imine (C=N–C) groups is 1. The standard InChI is InChI=1S/C10H13F2N3/c1-7-2-4-8(5-3-7)15-10(13)14-6-9(11)12/h2-5,9H,6H2,1H3,(H3,13,14,15). The van der Waals surface area contributed by atoms with Gasteiger partial charge in [0.15, 0.2) is 5.96 Å². The van der Waals surface area contributed by atoms with E-state index in [-0.39, 0.29) is 5.96 Å². The monoisotopic (exact) mass is 213 g/mol. The van der Waals surface area contributed by atoms with Gasteiger partial charge < -0.3 is 11.1 Å². The van der Waals surface area contributed by atoms with Crippen LogP contribution in [-0.2, 0) is 0 Å². The third-order valence-corrected chi connectivity index (χ3v) is 1.72. The van der Waals surface area contributed by atoms with E-state index < -0.39 is 13.0 Å². The molecule has 0 spiro atoms. The largest absolute Gasteiger partial charge is 0.370 e. The van der Waals surface area contributed by atoms with Crippen LogP contribution in [0.25, 0.3) is 0 Å². The van der Waals surface area contributed by atoms with Crippen LogP contribution in [0.1, 0.15) is 5.56 Å². The number of aryl methyl sites for hydroxylation is 1. The number of hydrogen-bond donors (Lipinski definition) is 2. The summed E-state index contributed by atoms with van der Waals surface area (Å²) < 4.78 is 23.6. The van der Waals surface area contributed by atoms with Gasteiger partial charge in [0.1, 0.15) is 6.54 Å². The summed E-state index contributed by atoms with van der Waals surface area (Å²) in [4.78, 5) is 3.47. The normalized spacial score (nSPS) is 11.9. The van der Waals surface area contributed by atoms with Gasteiger partial charge in [0.2, 0.25) is 0 Å². The van der Waals surface area contributed by atoms with Gasteiger partial charge >= 0.3 is 0 Å². The zero-order valence-corrected chi connectivity index (χ0v) is 8.37. The molecule has 0 saturated carbocycles. The zero-order chi connectivity index (χ0) is 11.3. The van der Waals surface area contributed by atoms with Gasteiger partial charge in [0, 0.05) is 5.69 Å². The first kappa shape index (κ1) is 11.4. The fraction of sp³-hybridized carbons (Fsp3) is 0.300. The molecule has 82 valence electrons. The molecule has 0 aliphatic heterocycles. The van der Waals surface area contributed by atoms with Crippen molar-refractivity contribution >= 4 is 11.6 Å². The van der Waals surface area contributed by atoms with Crippen molar-refractivity contribution in [3.8, 4) is 0 Å². The highest BCUT2D eigenvalue weighted by Gasteiger charge is 2.00. The molecule has 0 aromatic heterocycles. The summed E-state index contributed by atoms with van der Waals surface area (Å²) in [5, 5.41) is 2.72. The Labute approximate surface area is 87.0 Å². The highest BCUT2D eigenvalue weighted by atomic mass is 19.3. The van der Waals surface area contributed by atoms with Crippen LogP contribution in [0.4, 0.5) is 14.5 Å². The molecular formula is C10H13F2N3. The van der Waals surface area contributed by atoms with Crippen molar-refractivity contribution in [1.29, 1.82) is 0 Å². The Morgan fingerprint density at radius 3 is 2.53 bits per heavy atom. The molecule has 3 nitrogen and oxygen atoms in total. The molecule has 0 amide bonds. The molecule has 5 heteroatoms. The van der Waals surface area contributed by atoms with Crippen molar-refractivity contribution in [1.82, 2.24) is 0 Å². The van der Waals surface area contributed by atoms with E-state index >= 15 is 0 Å². The summed E-state index contributed by atoms with van der Waals surface area (Å²) in [7, 11) is 0. The SMILES string of the molecule is Cc1ccc(NC(N)=NCC(F)F)cc1. The molecule has 0 radical (unpaired) electrons. The van der Waals surface area contributed by atoms with Gasteiger partial charge in [-0.25, -0.2) is 13.8 Å². The Hall–Kier alpha value is -1.65. The molecule has 0 bridgehead atoms. The summed E-state index contributed by atoms with van der Waals surface area (Å²) in [6.07, 6.45) is -2.47. The Morgan fingerprint density at radius 1 is 1.40 bits per heavy atom. The lowest BCUT2D eigenvalue weighted by atomic mass is 10.2. The van der Waals surface area contributed by atoms with Crippen molar-refractivity contribution in [3.05, 3.63) is 29.8 Å². The molecule has 0 saturated heterocycles. The maximum atomic E-state index is 11.8. The maximum absolute atomic E-state index is 11.8. The molecule has 0 atom stereocenters. The molecule has 3 N–H and O–H groups in total. The number of alkyl halides is 2. The molecule has 1 rings (SSSR count). The number of anilines is 1. The highest BCUT2D eigenvalue weighted by Crippen LogP contribution is 2.07. The lowest BCUT2D eigenvalue weighted by molar-refractivity contribution is 0.158. The van der Waals surface area contributed by atoms with Gasteiger partial charge in [0.25, 0.3) is 6.43 Å². The summed E-state index contributed by atoms with van der Waals surface area (Å²) in [5.41, 5.74) is 7.24. The van der Waals surface area contributed by atoms with Gasteiger partial charge in [-0.05, 0) is 19.1 Å². The molecule has 15 heavy (non-hydrogen) atoms. The van der Waals surface area contributed by atoms with Crippen molar-refractivity contribution in [2.75, 3.05) is 11.9 Å². The average Bonchev–Trinajstić information content (AvgIpc) is 2.19. The summed E-state index contributed by atoms with van der Waals surface area (Å²) in [6.45, 7) is 1.38. The number of halogens is 2. The fourth-order valence-corrected chi connectivity index (χ4v) is 0.992. The molecular weight excluding hydrogens is 200 g/mol. The van der Waals surface area contributed by atoms with Gasteiger partial charge in [-0.2, -0.15) is 0 Å². The zero-order valence-electron chi connectivity index (χ0n) is 8.37. The predicted molar refractivity (Wildman–Crippen MR) is 57.3 cm³/mol. The number of guanidine groups is 1. The van der Waals surface area contributed by atoms with E-state index in [4.69, 9.17) is 5.73 Å². The van der Waals surface area contributed by atoms with Crippen molar-refractivity contribution < 1.29 is 8.78 Å². The molecule has 0 heterocycles. The summed E-state index contributed by atoms with van der Waals surface area (Å²) >= 11 is 0. The van der Waals surface area contributed by atoms with Gasteiger partial charge in [-0.1, -0.05) is 17.7 Å². The third-order valence-electron chi connectivity index (χ3n) is 1.72. The van der Waals surface area contributed by atoms with Crippen molar-refractivity contribution in [2.24, 2.45) is 10.7 Å². The Morgan fingerprint density at radius 2 is 2.00 bits per heavy atom. The van der Waals surface area contributed by atoms with E-state index in [1.807, 2.05) is 19.1 Å². The molecule has 0 fully saturated rings. The average molecular weight is 213 g/mol. The topological polar surface area (TPSA) is 50.4 Å². The van der Waals surface area contributed by atoms with Crippen LogP contribution in [0.5, 0.6) is 0 Å². The summed E-state index contributed by atoms with van der Waals surface area (Å²) in [5.74, 6) is -0.000784.